The summed E-state index contributed by atoms with van der Waals surface area (Å²) < 4.78 is 26.7. The Morgan fingerprint density at radius 3 is 2.56 bits per heavy atom. The van der Waals surface area contributed by atoms with E-state index >= 15 is 0 Å². The Morgan fingerprint density at radius 2 is 1.94 bits per heavy atom. The van der Waals surface area contributed by atoms with Gasteiger partial charge in [0.1, 0.15) is 23.2 Å². The third-order valence-corrected chi connectivity index (χ3v) is 4.86. The highest BCUT2D eigenvalue weighted by Crippen LogP contribution is 2.33. The maximum absolute atomic E-state index is 14.5. The van der Waals surface area contributed by atoms with E-state index in [1.807, 2.05) is 0 Å². The van der Waals surface area contributed by atoms with Gasteiger partial charge in [0.25, 0.3) is 5.56 Å². The average Bonchev–Trinajstić information content (AvgIpc) is 2.73. The summed E-state index contributed by atoms with van der Waals surface area (Å²) in [5.41, 5.74) is -0.311. The summed E-state index contributed by atoms with van der Waals surface area (Å²) in [4.78, 5) is 30.4. The predicted molar refractivity (Wildman–Crippen MR) is 120 cm³/mol. The van der Waals surface area contributed by atoms with Gasteiger partial charge in [0.15, 0.2) is 0 Å². The van der Waals surface area contributed by atoms with Crippen molar-refractivity contribution in [1.29, 1.82) is 0 Å². The maximum atomic E-state index is 14.5. The van der Waals surface area contributed by atoms with Crippen molar-refractivity contribution in [2.45, 2.75) is 38.8 Å². The highest BCUT2D eigenvalue weighted by Gasteiger charge is 2.29. The number of esters is 1. The molecule has 0 radical (unpaired) electrons. The minimum atomic E-state index is -0.996. The largest absolute Gasteiger partial charge is 0.495 e. The fraction of sp³-hybridized carbons (Fsp3) is 0.292. The normalized spacial score (nSPS) is 12.3. The summed E-state index contributed by atoms with van der Waals surface area (Å²) in [5.74, 6) is -0.934. The standard InChI is InChI=1S/C24H24ClFN2O4/c1-24(2,3)32-23(30)20(12-16-7-5-6-10-27-16)28-14-21(31-4)18(13-22(28)29)17-11-15(25)8-9-19(17)26/h5-11,13-14,20H,12H2,1-4H3. The molecule has 0 N–H and O–H groups in total. The molecule has 1 atom stereocenters. The lowest BCUT2D eigenvalue weighted by atomic mass is 10.0. The third-order valence-electron chi connectivity index (χ3n) is 4.63. The maximum Gasteiger partial charge on any atom is 0.330 e. The first kappa shape index (κ1) is 23.5. The van der Waals surface area contributed by atoms with Crippen LogP contribution in [0.25, 0.3) is 11.1 Å². The van der Waals surface area contributed by atoms with Crippen molar-refractivity contribution in [2.24, 2.45) is 0 Å². The zero-order chi connectivity index (χ0) is 23.5. The molecule has 168 valence electrons. The molecule has 2 aromatic heterocycles. The molecule has 32 heavy (non-hydrogen) atoms. The quantitative estimate of drug-likeness (QED) is 0.494. The highest BCUT2D eigenvalue weighted by molar-refractivity contribution is 6.30. The van der Waals surface area contributed by atoms with E-state index in [1.165, 1.54) is 42.1 Å². The van der Waals surface area contributed by atoms with Crippen molar-refractivity contribution in [3.05, 3.63) is 81.7 Å². The zero-order valence-electron chi connectivity index (χ0n) is 18.3. The van der Waals surface area contributed by atoms with Crippen LogP contribution < -0.4 is 10.3 Å². The van der Waals surface area contributed by atoms with E-state index in [-0.39, 0.29) is 23.3 Å². The molecule has 0 fully saturated rings. The first-order chi connectivity index (χ1) is 15.1. The Morgan fingerprint density at radius 1 is 1.19 bits per heavy atom. The van der Waals surface area contributed by atoms with Crippen LogP contribution in [0.3, 0.4) is 0 Å². The van der Waals surface area contributed by atoms with Gasteiger partial charge in [-0.2, -0.15) is 0 Å². The molecule has 0 spiro atoms. The summed E-state index contributed by atoms with van der Waals surface area (Å²) in [7, 11) is 1.40. The van der Waals surface area contributed by atoms with Gasteiger partial charge in [-0.1, -0.05) is 17.7 Å². The van der Waals surface area contributed by atoms with Crippen LogP contribution in [0.2, 0.25) is 5.02 Å². The lowest BCUT2D eigenvalue weighted by Crippen LogP contribution is -2.36. The highest BCUT2D eigenvalue weighted by atomic mass is 35.5. The second-order valence-electron chi connectivity index (χ2n) is 8.20. The number of halogens is 2. The van der Waals surface area contributed by atoms with E-state index in [0.29, 0.717) is 10.7 Å². The van der Waals surface area contributed by atoms with Gasteiger partial charge >= 0.3 is 5.97 Å². The van der Waals surface area contributed by atoms with Crippen LogP contribution in [-0.4, -0.2) is 28.2 Å². The number of hydrogen-bond acceptors (Lipinski definition) is 5. The van der Waals surface area contributed by atoms with Gasteiger partial charge in [-0.15, -0.1) is 0 Å². The minimum Gasteiger partial charge on any atom is -0.495 e. The molecule has 1 unspecified atom stereocenters. The number of methoxy groups -OCH3 is 1. The fourth-order valence-electron chi connectivity index (χ4n) is 3.23. The van der Waals surface area contributed by atoms with Gasteiger partial charge in [-0.25, -0.2) is 9.18 Å². The van der Waals surface area contributed by atoms with Gasteiger partial charge in [0.05, 0.1) is 13.3 Å². The Balaban J connectivity index is 2.12. The van der Waals surface area contributed by atoms with Crippen LogP contribution in [0.1, 0.15) is 32.5 Å². The minimum absolute atomic E-state index is 0.122. The Kier molecular flexibility index (Phi) is 6.99. The smallest absolute Gasteiger partial charge is 0.330 e. The Hall–Kier alpha value is -3.19. The zero-order valence-corrected chi connectivity index (χ0v) is 19.0. The molecule has 0 amide bonds. The lowest BCUT2D eigenvalue weighted by Gasteiger charge is -2.25. The van der Waals surface area contributed by atoms with E-state index in [4.69, 9.17) is 21.1 Å². The van der Waals surface area contributed by atoms with Crippen LogP contribution in [0.4, 0.5) is 4.39 Å². The molecule has 0 bridgehead atoms. The van der Waals surface area contributed by atoms with Gasteiger partial charge in [0.2, 0.25) is 0 Å². The number of nitrogens with zero attached hydrogens (tertiary/aromatic N) is 2. The molecule has 3 aromatic rings. The summed E-state index contributed by atoms with van der Waals surface area (Å²) in [6.07, 6.45) is 3.12. The van der Waals surface area contributed by atoms with Crippen LogP contribution in [-0.2, 0) is 16.0 Å². The lowest BCUT2D eigenvalue weighted by molar-refractivity contribution is -0.159. The number of carbonyl (C=O) groups excluding carboxylic acids is 1. The average molecular weight is 459 g/mol. The fourth-order valence-corrected chi connectivity index (χ4v) is 3.40. The Labute approximate surface area is 190 Å². The molecule has 1 aromatic carbocycles. The SMILES string of the molecule is COc1cn(C(Cc2ccccn2)C(=O)OC(C)(C)C)c(=O)cc1-c1cc(Cl)ccc1F. The number of pyridine rings is 2. The molecule has 0 aliphatic carbocycles. The number of hydrogen-bond donors (Lipinski definition) is 0. The van der Waals surface area contributed by atoms with Crippen molar-refractivity contribution in [3.63, 3.8) is 0 Å². The van der Waals surface area contributed by atoms with E-state index < -0.39 is 29.0 Å². The van der Waals surface area contributed by atoms with Gasteiger partial charge in [0, 0.05) is 40.5 Å². The number of carbonyl (C=O) groups is 1. The van der Waals surface area contributed by atoms with E-state index in [0.717, 1.165) is 0 Å². The van der Waals surface area contributed by atoms with E-state index in [1.54, 1.807) is 45.2 Å². The first-order valence-corrected chi connectivity index (χ1v) is 10.3. The van der Waals surface area contributed by atoms with Crippen molar-refractivity contribution < 1.29 is 18.7 Å². The second kappa shape index (κ2) is 9.53. The third kappa shape index (κ3) is 5.53. The molecular weight excluding hydrogens is 435 g/mol. The number of aromatic nitrogens is 2. The number of ether oxygens (including phenoxy) is 2. The topological polar surface area (TPSA) is 70.4 Å². The number of rotatable bonds is 6. The van der Waals surface area contributed by atoms with Crippen LogP contribution in [0, 0.1) is 5.82 Å². The van der Waals surface area contributed by atoms with Crippen LogP contribution >= 0.6 is 11.6 Å². The van der Waals surface area contributed by atoms with E-state index in [2.05, 4.69) is 4.98 Å². The first-order valence-electron chi connectivity index (χ1n) is 9.97. The summed E-state index contributed by atoms with van der Waals surface area (Å²) >= 11 is 6.02. The molecule has 6 nitrogen and oxygen atoms in total. The Bertz CT molecular complexity index is 1170. The summed E-state index contributed by atoms with van der Waals surface area (Å²) in [6.45, 7) is 5.24. The molecule has 8 heteroatoms. The second-order valence-corrected chi connectivity index (χ2v) is 8.64. The molecule has 0 saturated heterocycles. The molecule has 0 aliphatic rings. The van der Waals surface area contributed by atoms with Crippen molar-refractivity contribution in [1.82, 2.24) is 9.55 Å². The molecule has 2 heterocycles. The van der Waals surface area contributed by atoms with Crippen LogP contribution in [0.5, 0.6) is 5.75 Å². The van der Waals surface area contributed by atoms with Crippen molar-refractivity contribution >= 4 is 17.6 Å². The molecule has 0 aliphatic heterocycles. The van der Waals surface area contributed by atoms with E-state index in [9.17, 15) is 14.0 Å². The van der Waals surface area contributed by atoms with Crippen molar-refractivity contribution in [3.8, 4) is 16.9 Å². The van der Waals surface area contributed by atoms with Crippen LogP contribution in [0.15, 0.2) is 59.7 Å². The molecule has 0 saturated carbocycles. The summed E-state index contributed by atoms with van der Waals surface area (Å²) in [6, 6.07) is 9.59. The van der Waals surface area contributed by atoms with Gasteiger partial charge < -0.3 is 9.47 Å². The number of benzene rings is 1. The molecular formula is C24H24ClFN2O4. The summed E-state index contributed by atoms with van der Waals surface area (Å²) in [5, 5.41) is 0.314. The van der Waals surface area contributed by atoms with Gasteiger partial charge in [-0.05, 0) is 51.1 Å². The van der Waals surface area contributed by atoms with Gasteiger partial charge in [-0.3, -0.25) is 14.3 Å². The molecule has 3 rings (SSSR count). The predicted octanol–water partition coefficient (Wildman–Crippen LogP) is 4.84. The monoisotopic (exact) mass is 458 g/mol. The van der Waals surface area contributed by atoms with Crippen molar-refractivity contribution in [2.75, 3.05) is 7.11 Å².